The van der Waals surface area contributed by atoms with Crippen molar-refractivity contribution >= 4 is 23.4 Å². The van der Waals surface area contributed by atoms with Crippen molar-refractivity contribution < 1.29 is 14.3 Å². The van der Waals surface area contributed by atoms with Crippen LogP contribution in [0.15, 0.2) is 54.6 Å². The highest BCUT2D eigenvalue weighted by Crippen LogP contribution is 2.20. The number of nitrogens with zero attached hydrogens (tertiary/aromatic N) is 1. The van der Waals surface area contributed by atoms with Gasteiger partial charge in [0.1, 0.15) is 11.8 Å². The number of hydrogen-bond donors (Lipinski definition) is 1. The molecular formula is C26H33ClN2O3. The summed E-state index contributed by atoms with van der Waals surface area (Å²) >= 11 is 6.02. The van der Waals surface area contributed by atoms with Crippen LogP contribution in [0, 0.1) is 0 Å². The molecule has 0 aromatic heterocycles. The number of para-hydroxylation sites is 1. The summed E-state index contributed by atoms with van der Waals surface area (Å²) in [6, 6.07) is 16.7. The van der Waals surface area contributed by atoms with Crippen LogP contribution in [-0.2, 0) is 16.1 Å². The number of halogens is 1. The molecule has 2 aromatic rings. The standard InChI is InChI=1S/C26H33ClN2O3/c1-2-24(26(31)28-22-9-6-7-10-22)29(19-20-14-16-21(27)17-15-20)25(30)13-8-18-32-23-11-4-3-5-12-23/h3-5,11-12,14-17,22,24H,2,6-10,13,18-19H2,1H3,(H,28,31)/t24-/m0/s1. The van der Waals surface area contributed by atoms with Crippen molar-refractivity contribution in [2.24, 2.45) is 0 Å². The fourth-order valence-electron chi connectivity index (χ4n) is 4.15. The van der Waals surface area contributed by atoms with E-state index in [1.807, 2.05) is 61.5 Å². The molecule has 0 unspecified atom stereocenters. The molecule has 1 atom stereocenters. The second-order valence-electron chi connectivity index (χ2n) is 8.33. The van der Waals surface area contributed by atoms with Gasteiger partial charge in [0, 0.05) is 24.0 Å². The Morgan fingerprint density at radius 1 is 1.09 bits per heavy atom. The van der Waals surface area contributed by atoms with E-state index in [4.69, 9.17) is 16.3 Å². The molecule has 0 aliphatic heterocycles. The summed E-state index contributed by atoms with van der Waals surface area (Å²) in [7, 11) is 0. The minimum Gasteiger partial charge on any atom is -0.494 e. The molecule has 3 rings (SSSR count). The van der Waals surface area contributed by atoms with Gasteiger partial charge in [-0.15, -0.1) is 0 Å². The maximum atomic E-state index is 13.2. The Morgan fingerprint density at radius 2 is 1.78 bits per heavy atom. The van der Waals surface area contributed by atoms with Crippen LogP contribution in [0.3, 0.4) is 0 Å². The molecule has 0 heterocycles. The van der Waals surface area contributed by atoms with E-state index >= 15 is 0 Å². The summed E-state index contributed by atoms with van der Waals surface area (Å²) in [6.07, 6.45) is 5.82. The second-order valence-corrected chi connectivity index (χ2v) is 8.76. The van der Waals surface area contributed by atoms with E-state index in [-0.39, 0.29) is 17.9 Å². The molecule has 32 heavy (non-hydrogen) atoms. The Bertz CT molecular complexity index is 851. The average Bonchev–Trinajstić information content (AvgIpc) is 3.31. The van der Waals surface area contributed by atoms with E-state index in [1.54, 1.807) is 4.90 Å². The Morgan fingerprint density at radius 3 is 2.44 bits per heavy atom. The van der Waals surface area contributed by atoms with Crippen LogP contribution in [-0.4, -0.2) is 35.4 Å². The van der Waals surface area contributed by atoms with E-state index in [2.05, 4.69) is 5.32 Å². The van der Waals surface area contributed by atoms with Crippen LogP contribution in [0.4, 0.5) is 0 Å². The van der Waals surface area contributed by atoms with Gasteiger partial charge in [0.05, 0.1) is 6.61 Å². The van der Waals surface area contributed by atoms with Gasteiger partial charge in [0.2, 0.25) is 11.8 Å². The molecule has 1 saturated carbocycles. The number of amides is 2. The van der Waals surface area contributed by atoms with Crippen LogP contribution in [0.2, 0.25) is 5.02 Å². The maximum Gasteiger partial charge on any atom is 0.243 e. The van der Waals surface area contributed by atoms with E-state index in [0.29, 0.717) is 37.4 Å². The molecule has 2 amide bonds. The van der Waals surface area contributed by atoms with Crippen molar-refractivity contribution in [2.75, 3.05) is 6.61 Å². The first-order valence-corrected chi connectivity index (χ1v) is 12.0. The number of nitrogens with one attached hydrogen (secondary N) is 1. The van der Waals surface area contributed by atoms with Gasteiger partial charge < -0.3 is 15.0 Å². The summed E-state index contributed by atoms with van der Waals surface area (Å²) < 4.78 is 5.73. The first-order valence-electron chi connectivity index (χ1n) is 11.6. The number of ether oxygens (including phenoxy) is 1. The zero-order chi connectivity index (χ0) is 22.8. The lowest BCUT2D eigenvalue weighted by Crippen LogP contribution is -2.50. The smallest absolute Gasteiger partial charge is 0.243 e. The van der Waals surface area contributed by atoms with Crippen molar-refractivity contribution in [1.29, 1.82) is 0 Å². The Hall–Kier alpha value is -2.53. The largest absolute Gasteiger partial charge is 0.494 e. The molecule has 5 nitrogen and oxygen atoms in total. The molecule has 2 aromatic carbocycles. The lowest BCUT2D eigenvalue weighted by Gasteiger charge is -2.31. The van der Waals surface area contributed by atoms with E-state index in [0.717, 1.165) is 37.0 Å². The zero-order valence-corrected chi connectivity index (χ0v) is 19.5. The number of carbonyl (C=O) groups excluding carboxylic acids is 2. The minimum absolute atomic E-state index is 0.0370. The molecular weight excluding hydrogens is 424 g/mol. The SMILES string of the molecule is CC[C@@H](C(=O)NC1CCCC1)N(Cc1ccc(Cl)cc1)C(=O)CCCOc1ccccc1. The van der Waals surface area contributed by atoms with E-state index < -0.39 is 6.04 Å². The third kappa shape index (κ3) is 7.27. The first kappa shape index (κ1) is 24.1. The van der Waals surface area contributed by atoms with Crippen LogP contribution in [0.25, 0.3) is 0 Å². The fourth-order valence-corrected chi connectivity index (χ4v) is 4.27. The predicted molar refractivity (Wildman–Crippen MR) is 128 cm³/mol. The van der Waals surface area contributed by atoms with Gasteiger partial charge in [0.25, 0.3) is 0 Å². The predicted octanol–water partition coefficient (Wildman–Crippen LogP) is 5.37. The lowest BCUT2D eigenvalue weighted by atomic mass is 10.1. The fraction of sp³-hybridized carbons (Fsp3) is 0.462. The monoisotopic (exact) mass is 456 g/mol. The quantitative estimate of drug-likeness (QED) is 0.463. The van der Waals surface area contributed by atoms with Crippen LogP contribution >= 0.6 is 11.6 Å². The van der Waals surface area contributed by atoms with Gasteiger partial charge in [-0.05, 0) is 55.5 Å². The molecule has 1 fully saturated rings. The van der Waals surface area contributed by atoms with Crippen molar-refractivity contribution in [3.05, 3.63) is 65.2 Å². The second kappa shape index (κ2) is 12.5. The summed E-state index contributed by atoms with van der Waals surface area (Å²) in [5.74, 6) is 0.702. The van der Waals surface area contributed by atoms with Gasteiger partial charge in [-0.3, -0.25) is 9.59 Å². The molecule has 172 valence electrons. The number of benzene rings is 2. The topological polar surface area (TPSA) is 58.6 Å². The van der Waals surface area contributed by atoms with E-state index in [9.17, 15) is 9.59 Å². The normalized spacial score (nSPS) is 14.7. The van der Waals surface area contributed by atoms with Crippen molar-refractivity contribution in [2.45, 2.75) is 70.5 Å². The molecule has 1 aliphatic rings. The summed E-state index contributed by atoms with van der Waals surface area (Å²) in [5.41, 5.74) is 0.954. The maximum absolute atomic E-state index is 13.2. The first-order chi connectivity index (χ1) is 15.6. The minimum atomic E-state index is -0.492. The zero-order valence-electron chi connectivity index (χ0n) is 18.8. The summed E-state index contributed by atoms with van der Waals surface area (Å²) in [6.45, 7) is 2.79. The van der Waals surface area contributed by atoms with Gasteiger partial charge in [-0.25, -0.2) is 0 Å². The Kier molecular flexibility index (Phi) is 9.42. The summed E-state index contributed by atoms with van der Waals surface area (Å²) in [5, 5.41) is 3.82. The number of carbonyl (C=O) groups is 2. The molecule has 0 bridgehead atoms. The Balaban J connectivity index is 1.64. The van der Waals surface area contributed by atoms with Gasteiger partial charge in [0.15, 0.2) is 0 Å². The van der Waals surface area contributed by atoms with Crippen LogP contribution < -0.4 is 10.1 Å². The molecule has 0 saturated heterocycles. The van der Waals surface area contributed by atoms with Gasteiger partial charge in [-0.2, -0.15) is 0 Å². The number of rotatable bonds is 11. The molecule has 1 aliphatic carbocycles. The average molecular weight is 457 g/mol. The highest BCUT2D eigenvalue weighted by Gasteiger charge is 2.30. The van der Waals surface area contributed by atoms with Crippen molar-refractivity contribution in [3.63, 3.8) is 0 Å². The van der Waals surface area contributed by atoms with E-state index in [1.165, 1.54) is 0 Å². The number of hydrogen-bond acceptors (Lipinski definition) is 3. The van der Waals surface area contributed by atoms with Crippen molar-refractivity contribution in [3.8, 4) is 5.75 Å². The van der Waals surface area contributed by atoms with Crippen LogP contribution in [0.1, 0.15) is 57.4 Å². The Labute approximate surface area is 196 Å². The highest BCUT2D eigenvalue weighted by molar-refractivity contribution is 6.30. The molecule has 1 N–H and O–H groups in total. The third-order valence-corrected chi connectivity index (χ3v) is 6.15. The van der Waals surface area contributed by atoms with Crippen molar-refractivity contribution in [1.82, 2.24) is 10.2 Å². The molecule has 0 spiro atoms. The lowest BCUT2D eigenvalue weighted by molar-refractivity contribution is -0.141. The van der Waals surface area contributed by atoms with Gasteiger partial charge >= 0.3 is 0 Å². The molecule has 6 heteroatoms. The van der Waals surface area contributed by atoms with Gasteiger partial charge in [-0.1, -0.05) is 61.7 Å². The highest BCUT2D eigenvalue weighted by atomic mass is 35.5. The molecule has 0 radical (unpaired) electrons. The third-order valence-electron chi connectivity index (χ3n) is 5.90. The summed E-state index contributed by atoms with van der Waals surface area (Å²) in [4.78, 5) is 28.0. The van der Waals surface area contributed by atoms with Crippen LogP contribution in [0.5, 0.6) is 5.75 Å².